The van der Waals surface area contributed by atoms with Crippen molar-refractivity contribution >= 4 is 35.3 Å². The molecule has 11 nitrogen and oxygen atoms in total. The monoisotopic (exact) mass is 736 g/mol. The number of rotatable bonds is 6. The number of nitrogens with one attached hydrogen (secondary N) is 2. The van der Waals surface area contributed by atoms with E-state index in [1.807, 2.05) is 102 Å². The molecule has 52 heavy (non-hydrogen) atoms. The third-order valence-corrected chi connectivity index (χ3v) is 10.9. The summed E-state index contributed by atoms with van der Waals surface area (Å²) < 4.78 is 22.2. The molecule has 284 valence electrons. The zero-order valence-electron chi connectivity index (χ0n) is 31.9. The molecule has 2 aromatic carbocycles. The molecule has 4 heterocycles. The molecule has 0 saturated carbocycles. The lowest BCUT2D eigenvalue weighted by molar-refractivity contribution is -0.136. The average Bonchev–Trinajstić information content (AvgIpc) is 3.53. The Morgan fingerprint density at radius 3 is 1.60 bits per heavy atom. The molecule has 4 aliphatic rings. The predicted molar refractivity (Wildman–Crippen MR) is 203 cm³/mol. The van der Waals surface area contributed by atoms with E-state index in [9.17, 15) is 14.4 Å². The minimum absolute atomic E-state index is 0.00932. The Kier molecular flexibility index (Phi) is 11.9. The van der Waals surface area contributed by atoms with Crippen LogP contribution in [0.3, 0.4) is 0 Å². The van der Waals surface area contributed by atoms with Crippen molar-refractivity contribution < 1.29 is 33.3 Å². The van der Waals surface area contributed by atoms with Gasteiger partial charge in [0.25, 0.3) is 0 Å². The first-order valence-electron chi connectivity index (χ1n) is 18.3. The molecule has 0 aliphatic carbocycles. The van der Waals surface area contributed by atoms with Crippen LogP contribution in [-0.2, 0) is 23.7 Å². The smallest absolute Gasteiger partial charge is 0.408 e. The van der Waals surface area contributed by atoms with E-state index in [-0.39, 0.29) is 35.9 Å². The van der Waals surface area contributed by atoms with E-state index in [1.165, 1.54) is 5.56 Å². The van der Waals surface area contributed by atoms with Crippen molar-refractivity contribution in [1.29, 1.82) is 0 Å². The summed E-state index contributed by atoms with van der Waals surface area (Å²) in [5.41, 5.74) is 0.106. The molecule has 0 spiro atoms. The van der Waals surface area contributed by atoms with Crippen LogP contribution in [-0.4, -0.2) is 94.7 Å². The second-order valence-electron chi connectivity index (χ2n) is 16.4. The van der Waals surface area contributed by atoms with Gasteiger partial charge in [-0.05, 0) is 79.4 Å². The summed E-state index contributed by atoms with van der Waals surface area (Å²) in [5.74, 6) is -0.364. The van der Waals surface area contributed by atoms with Crippen molar-refractivity contribution in [2.75, 3.05) is 39.5 Å². The van der Waals surface area contributed by atoms with Crippen molar-refractivity contribution in [1.82, 2.24) is 20.4 Å². The van der Waals surface area contributed by atoms with Gasteiger partial charge in [-0.25, -0.2) is 9.59 Å². The second-order valence-corrected chi connectivity index (χ2v) is 16.8. The lowest BCUT2D eigenvalue weighted by Gasteiger charge is -2.38. The van der Waals surface area contributed by atoms with Gasteiger partial charge in [0.1, 0.15) is 11.2 Å². The van der Waals surface area contributed by atoms with Crippen molar-refractivity contribution in [3.05, 3.63) is 71.8 Å². The Hall–Kier alpha value is -3.74. The average molecular weight is 737 g/mol. The lowest BCUT2D eigenvalue weighted by Crippen LogP contribution is -2.59. The zero-order valence-corrected chi connectivity index (χ0v) is 32.7. The van der Waals surface area contributed by atoms with Crippen LogP contribution in [0.2, 0.25) is 0 Å². The Bertz CT molecular complexity index is 1460. The molecule has 0 aromatic heterocycles. The first kappa shape index (κ1) is 39.5. The molecule has 4 fully saturated rings. The molecule has 4 saturated heterocycles. The summed E-state index contributed by atoms with van der Waals surface area (Å²) in [5, 5.41) is 6.16. The van der Waals surface area contributed by atoms with Crippen molar-refractivity contribution in [3.8, 4) is 0 Å². The van der Waals surface area contributed by atoms with Crippen LogP contribution in [0.4, 0.5) is 9.59 Å². The maximum atomic E-state index is 13.1. The Morgan fingerprint density at radius 1 is 0.731 bits per heavy atom. The standard InChI is InChI=1S/C20H28N2O4.C20H28N2O3S/c1-14(15-8-6-5-7-9-15)22-13-20(21-18(24)26-19(2,3)4)10-11-25-12-16(20)17(22)23;1-14(15-8-6-5-7-9-15)22-13-20(21-18(23)25-19(2,3)4)10-11-24-12-16(20)17(22)26/h5-9,14,16H,10-13H2,1-4H3,(H,21,24);5-9,14,16H,10-13H2,1-4H3,(H,21,23)/t2*14-,16-,20-/m11/s1. The first-order chi connectivity index (χ1) is 24.4. The van der Waals surface area contributed by atoms with Gasteiger partial charge in [0, 0.05) is 26.3 Å². The molecule has 3 amide bonds. The van der Waals surface area contributed by atoms with E-state index in [0.29, 0.717) is 45.9 Å². The first-order valence-corrected chi connectivity index (χ1v) is 18.7. The van der Waals surface area contributed by atoms with Gasteiger partial charge in [-0.2, -0.15) is 0 Å². The van der Waals surface area contributed by atoms with Gasteiger partial charge in [0.15, 0.2) is 0 Å². The van der Waals surface area contributed by atoms with Gasteiger partial charge in [0.05, 0.1) is 53.2 Å². The molecule has 0 unspecified atom stereocenters. The van der Waals surface area contributed by atoms with E-state index in [2.05, 4.69) is 34.6 Å². The number of nitrogens with zero attached hydrogens (tertiary/aromatic N) is 2. The van der Waals surface area contributed by atoms with Crippen LogP contribution in [0.15, 0.2) is 60.7 Å². The summed E-state index contributed by atoms with van der Waals surface area (Å²) in [6, 6.07) is 20.3. The Labute approximate surface area is 314 Å². The molecular weight excluding hydrogens is 681 g/mol. The maximum absolute atomic E-state index is 13.1. The molecular formula is C40H56N4O7S. The van der Waals surface area contributed by atoms with E-state index >= 15 is 0 Å². The van der Waals surface area contributed by atoms with Crippen LogP contribution in [0.5, 0.6) is 0 Å². The summed E-state index contributed by atoms with van der Waals surface area (Å²) in [4.78, 5) is 42.9. The minimum atomic E-state index is -0.638. The predicted octanol–water partition coefficient (Wildman–Crippen LogP) is 6.58. The van der Waals surface area contributed by atoms with Gasteiger partial charge in [0.2, 0.25) is 5.91 Å². The fourth-order valence-corrected chi connectivity index (χ4v) is 8.12. The van der Waals surface area contributed by atoms with E-state index in [1.54, 1.807) is 0 Å². The molecule has 6 rings (SSSR count). The highest BCUT2D eigenvalue weighted by molar-refractivity contribution is 7.80. The van der Waals surface area contributed by atoms with Gasteiger partial charge < -0.3 is 39.4 Å². The van der Waals surface area contributed by atoms with Gasteiger partial charge in [-0.1, -0.05) is 72.9 Å². The number of carbonyl (C=O) groups is 3. The second kappa shape index (κ2) is 15.7. The number of likely N-dealkylation sites (tertiary alicyclic amines) is 2. The molecule has 12 heteroatoms. The van der Waals surface area contributed by atoms with Crippen LogP contribution >= 0.6 is 12.2 Å². The fourth-order valence-electron chi connectivity index (χ4n) is 7.61. The van der Waals surface area contributed by atoms with Crippen LogP contribution < -0.4 is 10.6 Å². The number of carbonyl (C=O) groups excluding carboxylic acids is 3. The number of hydrogen-bond donors (Lipinski definition) is 2. The molecule has 6 atom stereocenters. The van der Waals surface area contributed by atoms with Crippen molar-refractivity contribution in [3.63, 3.8) is 0 Å². The molecule has 4 aliphatic heterocycles. The van der Waals surface area contributed by atoms with E-state index < -0.39 is 28.4 Å². The maximum Gasteiger partial charge on any atom is 0.408 e. The Morgan fingerprint density at radius 2 is 1.13 bits per heavy atom. The molecule has 2 N–H and O–H groups in total. The highest BCUT2D eigenvalue weighted by Gasteiger charge is 2.56. The summed E-state index contributed by atoms with van der Waals surface area (Å²) in [7, 11) is 0. The fraction of sp³-hybridized carbons (Fsp3) is 0.600. The van der Waals surface area contributed by atoms with Crippen LogP contribution in [0.25, 0.3) is 0 Å². The van der Waals surface area contributed by atoms with E-state index in [4.69, 9.17) is 31.2 Å². The van der Waals surface area contributed by atoms with E-state index in [0.717, 1.165) is 17.0 Å². The SMILES string of the molecule is C[C@H](c1ccccc1)N1C[C@]2(NC(=O)OC(C)(C)C)CCOC[C@@H]2C1=O.C[C@H](c1ccccc1)N1C[C@]2(NC(=O)OC(C)(C)C)CCOC[C@@H]2C1=S. The lowest BCUT2D eigenvalue weighted by atomic mass is 9.83. The summed E-state index contributed by atoms with van der Waals surface area (Å²) >= 11 is 5.80. The minimum Gasteiger partial charge on any atom is -0.444 e. The quantitative estimate of drug-likeness (QED) is 0.317. The van der Waals surface area contributed by atoms with Crippen LogP contribution in [0.1, 0.15) is 91.4 Å². The van der Waals surface area contributed by atoms with Crippen molar-refractivity contribution in [2.24, 2.45) is 11.8 Å². The highest BCUT2D eigenvalue weighted by Crippen LogP contribution is 2.41. The normalized spacial score (nSPS) is 27.0. The summed E-state index contributed by atoms with van der Waals surface area (Å²) in [6.07, 6.45) is 0.461. The number of hydrogen-bond acceptors (Lipinski definition) is 8. The number of amides is 3. The summed E-state index contributed by atoms with van der Waals surface area (Å²) in [6.45, 7) is 18.4. The third kappa shape index (κ3) is 9.06. The number of alkyl carbamates (subject to hydrolysis) is 2. The number of ether oxygens (including phenoxy) is 4. The molecule has 0 radical (unpaired) electrons. The molecule has 2 aromatic rings. The topological polar surface area (TPSA) is 119 Å². The van der Waals surface area contributed by atoms with Crippen LogP contribution in [0, 0.1) is 11.8 Å². The highest BCUT2D eigenvalue weighted by atomic mass is 32.1. The number of benzene rings is 2. The van der Waals surface area contributed by atoms with Gasteiger partial charge >= 0.3 is 12.2 Å². The number of fused-ring (bicyclic) bond motifs is 2. The molecule has 0 bridgehead atoms. The number of thiocarbonyl (C=S) groups is 1. The third-order valence-electron chi connectivity index (χ3n) is 10.4. The van der Waals surface area contributed by atoms with Gasteiger partial charge in [-0.3, -0.25) is 4.79 Å². The van der Waals surface area contributed by atoms with Gasteiger partial charge in [-0.15, -0.1) is 0 Å². The largest absolute Gasteiger partial charge is 0.444 e. The zero-order chi connectivity index (χ0) is 37.9. The Balaban J connectivity index is 0.000000201. The van der Waals surface area contributed by atoms with Crippen molar-refractivity contribution in [2.45, 2.75) is 103 Å².